The van der Waals surface area contributed by atoms with Crippen molar-refractivity contribution in [2.75, 3.05) is 19.7 Å². The van der Waals surface area contributed by atoms with Crippen molar-refractivity contribution < 1.29 is 14.3 Å². The first-order chi connectivity index (χ1) is 16.6. The second-order valence-electron chi connectivity index (χ2n) is 9.64. The maximum atomic E-state index is 15.4. The van der Waals surface area contributed by atoms with E-state index in [0.717, 1.165) is 23.0 Å². The molecule has 0 bridgehead atoms. The largest absolute Gasteiger partial charge is 0.396 e. The Labute approximate surface area is 196 Å². The number of hydrogen-bond acceptors (Lipinski definition) is 4. The van der Waals surface area contributed by atoms with Crippen molar-refractivity contribution in [1.29, 1.82) is 0 Å². The third-order valence-corrected chi connectivity index (χ3v) is 7.55. The van der Waals surface area contributed by atoms with Gasteiger partial charge < -0.3 is 19.6 Å². The van der Waals surface area contributed by atoms with Gasteiger partial charge in [0, 0.05) is 37.2 Å². The van der Waals surface area contributed by atoms with Crippen LogP contribution in [0.5, 0.6) is 0 Å². The summed E-state index contributed by atoms with van der Waals surface area (Å²) in [6.07, 6.45) is 10.3. The Balaban J connectivity index is 1.38. The van der Waals surface area contributed by atoms with E-state index in [-0.39, 0.29) is 24.0 Å². The molecule has 1 saturated carbocycles. The van der Waals surface area contributed by atoms with E-state index in [4.69, 9.17) is 0 Å². The Hall–Kier alpha value is -3.26. The molecule has 1 saturated heterocycles. The minimum atomic E-state index is -0.572. The van der Waals surface area contributed by atoms with E-state index in [1.807, 2.05) is 18.5 Å². The number of carbonyl (C=O) groups excluding carboxylic acids is 1. The summed E-state index contributed by atoms with van der Waals surface area (Å²) in [5.74, 6) is -0.892. The van der Waals surface area contributed by atoms with Crippen LogP contribution in [0.3, 0.4) is 0 Å². The molecule has 6 rings (SSSR count). The second-order valence-corrected chi connectivity index (χ2v) is 9.64. The topological polar surface area (TPSA) is 87.0 Å². The first-order valence-electron chi connectivity index (χ1n) is 12.2. The van der Waals surface area contributed by atoms with Gasteiger partial charge in [-0.15, -0.1) is 0 Å². The molecule has 2 aromatic carbocycles. The average Bonchev–Trinajstić information content (AvgIpc) is 3.62. The summed E-state index contributed by atoms with van der Waals surface area (Å²) in [6.45, 7) is 0.983. The number of aromatic nitrogens is 4. The summed E-state index contributed by atoms with van der Waals surface area (Å²) >= 11 is 0. The summed E-state index contributed by atoms with van der Waals surface area (Å²) in [5.41, 5.74) is 4.39. The van der Waals surface area contributed by atoms with Crippen molar-refractivity contribution >= 4 is 28.0 Å². The summed E-state index contributed by atoms with van der Waals surface area (Å²) in [7, 11) is 0. The molecule has 0 radical (unpaired) electrons. The van der Waals surface area contributed by atoms with Crippen LogP contribution < -0.4 is 0 Å². The molecule has 1 unspecified atom stereocenters. The molecule has 2 aromatic heterocycles. The van der Waals surface area contributed by atoms with Crippen LogP contribution in [0, 0.1) is 11.7 Å². The van der Waals surface area contributed by atoms with E-state index in [0.29, 0.717) is 35.7 Å². The van der Waals surface area contributed by atoms with Gasteiger partial charge in [-0.3, -0.25) is 4.79 Å². The molecule has 34 heavy (non-hydrogen) atoms. The molecular formula is C26H28FN5O2. The van der Waals surface area contributed by atoms with Crippen LogP contribution in [0.4, 0.5) is 4.39 Å². The van der Waals surface area contributed by atoms with Gasteiger partial charge in [-0.1, -0.05) is 25.3 Å². The van der Waals surface area contributed by atoms with E-state index in [1.54, 1.807) is 4.90 Å². The number of nitrogens with one attached hydrogen (secondary N) is 1. The van der Waals surface area contributed by atoms with Gasteiger partial charge >= 0.3 is 0 Å². The first kappa shape index (κ1) is 21.3. The minimum Gasteiger partial charge on any atom is -0.396 e. The number of hydrogen-bond donors (Lipinski definition) is 2. The van der Waals surface area contributed by atoms with Crippen LogP contribution in [-0.4, -0.2) is 55.1 Å². The van der Waals surface area contributed by atoms with E-state index >= 15 is 4.39 Å². The quantitative estimate of drug-likeness (QED) is 0.462. The van der Waals surface area contributed by atoms with Crippen LogP contribution >= 0.6 is 0 Å². The lowest BCUT2D eigenvalue weighted by atomic mass is 9.95. The van der Waals surface area contributed by atoms with Crippen LogP contribution in [0.1, 0.15) is 54.9 Å². The van der Waals surface area contributed by atoms with Crippen molar-refractivity contribution in [2.45, 2.75) is 44.6 Å². The SMILES string of the molecule is O=C(c1c(F)cc(-c2ccc3c(c2)ncn3C2CCCCC2)c2nc[nH]c12)N1CCC(CO)C1. The smallest absolute Gasteiger partial charge is 0.259 e. The number of carbonyl (C=O) groups is 1. The lowest BCUT2D eigenvalue weighted by Crippen LogP contribution is -2.30. The number of fused-ring (bicyclic) bond motifs is 2. The van der Waals surface area contributed by atoms with Gasteiger partial charge in [-0.25, -0.2) is 14.4 Å². The number of halogens is 1. The van der Waals surface area contributed by atoms with Crippen molar-refractivity contribution in [3.63, 3.8) is 0 Å². The number of H-pyrrole nitrogens is 1. The molecule has 1 aliphatic carbocycles. The molecular weight excluding hydrogens is 433 g/mol. The highest BCUT2D eigenvalue weighted by Gasteiger charge is 2.30. The third-order valence-electron chi connectivity index (χ3n) is 7.55. The molecule has 2 fully saturated rings. The van der Waals surface area contributed by atoms with Gasteiger partial charge in [-0.05, 0) is 43.0 Å². The van der Waals surface area contributed by atoms with Crippen LogP contribution in [0.25, 0.3) is 33.2 Å². The van der Waals surface area contributed by atoms with Gasteiger partial charge in [0.15, 0.2) is 0 Å². The predicted molar refractivity (Wildman–Crippen MR) is 128 cm³/mol. The van der Waals surface area contributed by atoms with E-state index < -0.39 is 5.82 Å². The van der Waals surface area contributed by atoms with E-state index in [2.05, 4.69) is 25.6 Å². The normalized spacial score (nSPS) is 19.5. The Kier molecular flexibility index (Phi) is 5.32. The molecule has 1 aliphatic heterocycles. The highest BCUT2D eigenvalue weighted by Crippen LogP contribution is 2.35. The van der Waals surface area contributed by atoms with E-state index in [1.165, 1.54) is 44.5 Å². The lowest BCUT2D eigenvalue weighted by Gasteiger charge is -2.23. The van der Waals surface area contributed by atoms with Gasteiger partial charge in [-0.2, -0.15) is 0 Å². The Bertz CT molecular complexity index is 1370. The zero-order valence-electron chi connectivity index (χ0n) is 19.0. The minimum absolute atomic E-state index is 0.0116. The van der Waals surface area contributed by atoms with Gasteiger partial charge in [0.2, 0.25) is 0 Å². The zero-order chi connectivity index (χ0) is 23.2. The Morgan fingerprint density at radius 1 is 1.15 bits per heavy atom. The molecule has 176 valence electrons. The molecule has 0 spiro atoms. The number of aromatic amines is 1. The number of aliphatic hydroxyl groups is 1. The third kappa shape index (κ3) is 3.48. The summed E-state index contributed by atoms with van der Waals surface area (Å²) in [6, 6.07) is 7.92. The first-order valence-corrected chi connectivity index (χ1v) is 12.2. The monoisotopic (exact) mass is 461 g/mol. The summed E-state index contributed by atoms with van der Waals surface area (Å²) in [4.78, 5) is 26.8. The van der Waals surface area contributed by atoms with Crippen molar-refractivity contribution in [1.82, 2.24) is 24.4 Å². The molecule has 4 aromatic rings. The fourth-order valence-electron chi connectivity index (χ4n) is 5.68. The highest BCUT2D eigenvalue weighted by molar-refractivity contribution is 6.09. The molecule has 1 atom stereocenters. The molecule has 7 nitrogen and oxygen atoms in total. The predicted octanol–water partition coefficient (Wildman–Crippen LogP) is 4.68. The number of amides is 1. The number of rotatable bonds is 4. The number of likely N-dealkylation sites (tertiary alicyclic amines) is 1. The lowest BCUT2D eigenvalue weighted by molar-refractivity contribution is 0.0779. The number of aliphatic hydroxyl groups excluding tert-OH is 1. The highest BCUT2D eigenvalue weighted by atomic mass is 19.1. The fourth-order valence-corrected chi connectivity index (χ4v) is 5.68. The Morgan fingerprint density at radius 3 is 2.79 bits per heavy atom. The van der Waals surface area contributed by atoms with E-state index in [9.17, 15) is 9.90 Å². The van der Waals surface area contributed by atoms with Crippen molar-refractivity contribution in [3.05, 3.63) is 48.3 Å². The molecule has 2 aliphatic rings. The Morgan fingerprint density at radius 2 is 2.00 bits per heavy atom. The van der Waals surface area contributed by atoms with Gasteiger partial charge in [0.1, 0.15) is 11.4 Å². The maximum Gasteiger partial charge on any atom is 0.259 e. The van der Waals surface area contributed by atoms with Crippen LogP contribution in [0.15, 0.2) is 36.9 Å². The fraction of sp³-hybridized carbons (Fsp3) is 0.423. The standard InChI is InChI=1S/C26H28FN5O2/c27-20-11-19(17-6-7-22-21(10-17)30-15-32(22)18-4-2-1-3-5-18)24-25(29-14-28-24)23(20)26(34)31-9-8-16(12-31)13-33/h6-7,10-11,14-16,18,33H,1-5,8-9,12-13H2,(H,28,29). The zero-order valence-corrected chi connectivity index (χ0v) is 19.0. The second kappa shape index (κ2) is 8.51. The molecule has 1 amide bonds. The number of benzene rings is 2. The average molecular weight is 462 g/mol. The molecule has 2 N–H and O–H groups in total. The maximum absolute atomic E-state index is 15.4. The molecule has 8 heteroatoms. The number of imidazole rings is 2. The van der Waals surface area contributed by atoms with Gasteiger partial charge in [0.05, 0.1) is 34.7 Å². The summed E-state index contributed by atoms with van der Waals surface area (Å²) in [5, 5.41) is 9.41. The molecule has 3 heterocycles. The number of nitrogens with zero attached hydrogens (tertiary/aromatic N) is 4. The van der Waals surface area contributed by atoms with Crippen molar-refractivity contribution in [2.24, 2.45) is 5.92 Å². The van der Waals surface area contributed by atoms with Gasteiger partial charge in [0.25, 0.3) is 5.91 Å². The summed E-state index contributed by atoms with van der Waals surface area (Å²) < 4.78 is 17.7. The van der Waals surface area contributed by atoms with Crippen molar-refractivity contribution in [3.8, 4) is 11.1 Å². The van der Waals surface area contributed by atoms with Crippen LogP contribution in [0.2, 0.25) is 0 Å². The van der Waals surface area contributed by atoms with Crippen LogP contribution in [-0.2, 0) is 0 Å².